The van der Waals surface area contributed by atoms with Gasteiger partial charge in [0.1, 0.15) is 0 Å². The molecule has 0 saturated carbocycles. The number of nitrogens with zero attached hydrogens (tertiary/aromatic N) is 2. The molecule has 0 aromatic heterocycles. The predicted molar refractivity (Wildman–Crippen MR) is 99.3 cm³/mol. The van der Waals surface area contributed by atoms with Crippen molar-refractivity contribution in [2.24, 2.45) is 0 Å². The van der Waals surface area contributed by atoms with Crippen LogP contribution in [0.5, 0.6) is 0 Å². The van der Waals surface area contributed by atoms with Crippen LogP contribution in [0.1, 0.15) is 54.9 Å². The fraction of sp³-hybridized carbons (Fsp3) is 0.579. The second-order valence-corrected chi connectivity index (χ2v) is 7.48. The third-order valence-electron chi connectivity index (χ3n) is 4.86. The van der Waals surface area contributed by atoms with Crippen LogP contribution in [-0.4, -0.2) is 59.5 Å². The van der Waals surface area contributed by atoms with Crippen LogP contribution in [0.25, 0.3) is 0 Å². The first-order chi connectivity index (χ1) is 11.8. The van der Waals surface area contributed by atoms with E-state index in [1.807, 2.05) is 29.0 Å². The van der Waals surface area contributed by atoms with E-state index in [0.29, 0.717) is 29.6 Å². The van der Waals surface area contributed by atoms with Crippen molar-refractivity contribution in [2.45, 2.75) is 45.1 Å². The first-order valence-electron chi connectivity index (χ1n) is 8.80. The minimum atomic E-state index is -0.820. The van der Waals surface area contributed by atoms with Gasteiger partial charge in [0.2, 0.25) is 0 Å². The highest BCUT2D eigenvalue weighted by atomic mass is 35.5. The summed E-state index contributed by atoms with van der Waals surface area (Å²) in [4.78, 5) is 27.4. The third kappa shape index (κ3) is 5.19. The van der Waals surface area contributed by atoms with Crippen molar-refractivity contribution in [2.75, 3.05) is 26.7 Å². The Morgan fingerprint density at radius 1 is 1.32 bits per heavy atom. The van der Waals surface area contributed by atoms with E-state index < -0.39 is 5.97 Å². The molecule has 0 aliphatic carbocycles. The van der Waals surface area contributed by atoms with Crippen LogP contribution >= 0.6 is 11.6 Å². The summed E-state index contributed by atoms with van der Waals surface area (Å²) in [6.07, 6.45) is 2.56. The van der Waals surface area contributed by atoms with Crippen molar-refractivity contribution in [1.82, 2.24) is 9.80 Å². The summed E-state index contributed by atoms with van der Waals surface area (Å²) < 4.78 is 0. The Hall–Kier alpha value is -1.59. The maximum Gasteiger partial charge on any atom is 0.317 e. The molecule has 6 heteroatoms. The lowest BCUT2D eigenvalue weighted by Gasteiger charge is -2.25. The number of likely N-dealkylation sites (N-methyl/N-ethyl adjacent to an activating group) is 1. The number of hydrogen-bond donors (Lipinski definition) is 1. The van der Waals surface area contributed by atoms with E-state index in [0.717, 1.165) is 24.8 Å². The zero-order valence-corrected chi connectivity index (χ0v) is 15.9. The second kappa shape index (κ2) is 8.68. The average molecular weight is 367 g/mol. The molecule has 0 spiro atoms. The number of aliphatic carboxylic acids is 1. The van der Waals surface area contributed by atoms with E-state index in [1.54, 1.807) is 6.07 Å². The van der Waals surface area contributed by atoms with Gasteiger partial charge in [-0.15, -0.1) is 0 Å². The molecular formula is C19H27ClN2O3. The van der Waals surface area contributed by atoms with Gasteiger partial charge in [-0.1, -0.05) is 31.5 Å². The minimum Gasteiger partial charge on any atom is -0.480 e. The van der Waals surface area contributed by atoms with Gasteiger partial charge in [-0.3, -0.25) is 14.5 Å². The fourth-order valence-corrected chi connectivity index (χ4v) is 3.77. The fourth-order valence-electron chi connectivity index (χ4n) is 3.38. The molecule has 2 rings (SSSR count). The van der Waals surface area contributed by atoms with Gasteiger partial charge in [-0.25, -0.2) is 0 Å². The number of carbonyl (C=O) groups excluding carboxylic acids is 1. The van der Waals surface area contributed by atoms with E-state index in [-0.39, 0.29) is 18.5 Å². The van der Waals surface area contributed by atoms with Gasteiger partial charge in [0.05, 0.1) is 6.54 Å². The molecule has 1 aliphatic heterocycles. The van der Waals surface area contributed by atoms with Gasteiger partial charge >= 0.3 is 5.97 Å². The molecule has 1 saturated heterocycles. The maximum absolute atomic E-state index is 12.8. The van der Waals surface area contributed by atoms with Gasteiger partial charge in [0.15, 0.2) is 0 Å². The predicted octanol–water partition coefficient (Wildman–Crippen LogP) is 3.47. The number of carboxylic acids is 1. The van der Waals surface area contributed by atoms with E-state index in [1.165, 1.54) is 0 Å². The van der Waals surface area contributed by atoms with Crippen LogP contribution in [-0.2, 0) is 4.79 Å². The van der Waals surface area contributed by atoms with Crippen molar-refractivity contribution >= 4 is 23.5 Å². The summed E-state index contributed by atoms with van der Waals surface area (Å²) in [5, 5.41) is 9.58. The highest BCUT2D eigenvalue weighted by Gasteiger charge is 2.25. The molecule has 1 fully saturated rings. The number of carboxylic acid groups (broad SMARTS) is 1. The van der Waals surface area contributed by atoms with Crippen LogP contribution in [0.2, 0.25) is 5.02 Å². The molecule has 5 nitrogen and oxygen atoms in total. The quantitative estimate of drug-likeness (QED) is 0.866. The van der Waals surface area contributed by atoms with Crippen molar-refractivity contribution in [3.8, 4) is 0 Å². The largest absolute Gasteiger partial charge is 0.480 e. The molecule has 1 aliphatic rings. The van der Waals surface area contributed by atoms with Gasteiger partial charge in [0, 0.05) is 29.7 Å². The van der Waals surface area contributed by atoms with Crippen molar-refractivity contribution in [1.29, 1.82) is 0 Å². The topological polar surface area (TPSA) is 60.9 Å². The molecule has 25 heavy (non-hydrogen) atoms. The Labute approximate surface area is 154 Å². The van der Waals surface area contributed by atoms with Crippen LogP contribution in [0.3, 0.4) is 0 Å². The molecular weight excluding hydrogens is 340 g/mol. The lowest BCUT2D eigenvalue weighted by molar-refractivity contribution is -0.138. The van der Waals surface area contributed by atoms with E-state index >= 15 is 0 Å². The van der Waals surface area contributed by atoms with Crippen molar-refractivity contribution in [3.05, 3.63) is 34.3 Å². The number of rotatable bonds is 5. The molecule has 1 N–H and O–H groups in total. The first-order valence-corrected chi connectivity index (χ1v) is 9.18. The average Bonchev–Trinajstić information content (AvgIpc) is 2.79. The summed E-state index contributed by atoms with van der Waals surface area (Å²) in [7, 11) is 1.83. The number of halogens is 1. The Morgan fingerprint density at radius 2 is 2.04 bits per heavy atom. The Morgan fingerprint density at radius 3 is 2.64 bits per heavy atom. The van der Waals surface area contributed by atoms with Gasteiger partial charge in [0.25, 0.3) is 5.91 Å². The number of benzene rings is 1. The summed E-state index contributed by atoms with van der Waals surface area (Å²) in [5.74, 6) is -0.501. The summed E-state index contributed by atoms with van der Waals surface area (Å²) in [6.45, 7) is 5.51. The Bertz CT molecular complexity index is 633. The molecule has 138 valence electrons. The second-order valence-electron chi connectivity index (χ2n) is 7.08. The smallest absolute Gasteiger partial charge is 0.317 e. The number of hydrogen-bond acceptors (Lipinski definition) is 3. The van der Waals surface area contributed by atoms with E-state index in [4.69, 9.17) is 16.7 Å². The van der Waals surface area contributed by atoms with Crippen LogP contribution in [0, 0.1) is 0 Å². The Kier molecular flexibility index (Phi) is 6.85. The molecule has 0 radical (unpaired) electrons. The maximum atomic E-state index is 12.8. The van der Waals surface area contributed by atoms with Crippen LogP contribution < -0.4 is 0 Å². The lowest BCUT2D eigenvalue weighted by Crippen LogP contribution is -2.37. The standard InChI is InChI=1S/C19H27ClN2O3/c1-13(2)16-7-6-14(11-17(16)20)19(25)22-9-4-5-15(8-10-22)21(3)12-18(23)24/h6-7,11,13,15H,4-5,8-10,12H2,1-3H3,(H,23,24). The number of likely N-dealkylation sites (tertiary alicyclic amines) is 1. The molecule has 1 aromatic carbocycles. The molecule has 1 amide bonds. The monoisotopic (exact) mass is 366 g/mol. The molecule has 0 bridgehead atoms. The Balaban J connectivity index is 2.03. The lowest BCUT2D eigenvalue weighted by atomic mass is 10.0. The normalized spacial score (nSPS) is 18.5. The third-order valence-corrected chi connectivity index (χ3v) is 5.19. The first kappa shape index (κ1) is 19.7. The molecule has 1 heterocycles. The highest BCUT2D eigenvalue weighted by molar-refractivity contribution is 6.31. The van der Waals surface area contributed by atoms with Crippen LogP contribution in [0.15, 0.2) is 18.2 Å². The number of carbonyl (C=O) groups is 2. The van der Waals surface area contributed by atoms with Gasteiger partial charge in [-0.05, 0) is 49.9 Å². The van der Waals surface area contributed by atoms with Crippen molar-refractivity contribution < 1.29 is 14.7 Å². The summed E-state index contributed by atoms with van der Waals surface area (Å²) in [5.41, 5.74) is 1.66. The molecule has 1 aromatic rings. The zero-order valence-electron chi connectivity index (χ0n) is 15.2. The van der Waals surface area contributed by atoms with E-state index in [9.17, 15) is 9.59 Å². The summed E-state index contributed by atoms with van der Waals surface area (Å²) in [6, 6.07) is 5.74. The summed E-state index contributed by atoms with van der Waals surface area (Å²) >= 11 is 6.32. The molecule has 1 unspecified atom stereocenters. The van der Waals surface area contributed by atoms with Gasteiger partial charge < -0.3 is 10.0 Å². The number of amides is 1. The van der Waals surface area contributed by atoms with E-state index in [2.05, 4.69) is 13.8 Å². The van der Waals surface area contributed by atoms with Gasteiger partial charge in [-0.2, -0.15) is 0 Å². The SMILES string of the molecule is CC(C)c1ccc(C(=O)N2CCCC(N(C)CC(=O)O)CC2)cc1Cl. The van der Waals surface area contributed by atoms with Crippen LogP contribution in [0.4, 0.5) is 0 Å². The minimum absolute atomic E-state index is 0.00116. The van der Waals surface area contributed by atoms with Crippen molar-refractivity contribution in [3.63, 3.8) is 0 Å². The zero-order chi connectivity index (χ0) is 18.6. The highest BCUT2D eigenvalue weighted by Crippen LogP contribution is 2.26. The molecule has 1 atom stereocenters.